The zero-order valence-electron chi connectivity index (χ0n) is 32.7. The fourth-order valence-electron chi connectivity index (χ4n) is 5.22. The number of rotatable bonds is 9. The number of carbonyl (C=O) groups excluding carboxylic acids is 2. The maximum Gasteiger partial charge on any atom is 1.00 e. The maximum atomic E-state index is 13.3. The Hall–Kier alpha value is -5.16. The maximum absolute atomic E-state index is 13.3. The van der Waals surface area contributed by atoms with Crippen molar-refractivity contribution in [2.24, 2.45) is 0 Å². The molecule has 0 spiro atoms. The number of alkyl halides is 7. The van der Waals surface area contributed by atoms with Gasteiger partial charge in [-0.05, 0) is 85.5 Å². The van der Waals surface area contributed by atoms with Gasteiger partial charge in [0.2, 0.25) is 0 Å². The number of hydrogen-bond acceptors (Lipinski definition) is 6. The number of hydrogen-bond donors (Lipinski definition) is 3. The van der Waals surface area contributed by atoms with Gasteiger partial charge >= 0.3 is 54.1 Å². The zero-order valence-corrected chi connectivity index (χ0v) is 35.2. The molecule has 0 bridgehead atoms. The second-order valence-corrected chi connectivity index (χ2v) is 13.7. The fraction of sp³-hybridized carbons (Fsp3) is 0.300. The van der Waals surface area contributed by atoms with E-state index in [1.54, 1.807) is 29.1 Å². The smallest absolute Gasteiger partial charge is 1.00 e. The number of nitrogens with zero attached hydrogens (tertiary/aromatic N) is 7. The van der Waals surface area contributed by atoms with Crippen LogP contribution in [0.4, 0.5) is 47.0 Å². The van der Waals surface area contributed by atoms with Crippen LogP contribution >= 0.6 is 15.9 Å². The molecule has 2 aromatic carbocycles. The van der Waals surface area contributed by atoms with Gasteiger partial charge in [0.25, 0.3) is 0 Å². The van der Waals surface area contributed by atoms with E-state index in [4.69, 9.17) is 13.1 Å². The van der Waals surface area contributed by atoms with Gasteiger partial charge < -0.3 is 21.2 Å². The monoisotopic (exact) mass is 950 g/mol. The summed E-state index contributed by atoms with van der Waals surface area (Å²) in [6, 6.07) is 12.2. The summed E-state index contributed by atoms with van der Waals surface area (Å²) in [5.74, 6) is -3.72. The number of H-pyrrole nitrogens is 1. The van der Waals surface area contributed by atoms with Gasteiger partial charge in [-0.25, -0.2) is 8.78 Å². The Bertz CT molecular complexity index is 2590. The van der Waals surface area contributed by atoms with Gasteiger partial charge in [0, 0.05) is 52.4 Å². The first-order valence-electron chi connectivity index (χ1n) is 16.7. The van der Waals surface area contributed by atoms with Crippen LogP contribution in [-0.2, 0) is 41.6 Å². The first kappa shape index (κ1) is 54.9. The Morgan fingerprint density at radius 3 is 1.73 bits per heavy atom. The minimum absolute atomic E-state index is 0. The summed E-state index contributed by atoms with van der Waals surface area (Å²) in [7, 11) is 0. The van der Waals surface area contributed by atoms with Gasteiger partial charge in [-0.3, -0.25) is 19.3 Å². The molecule has 62 heavy (non-hydrogen) atoms. The molecule has 12 nitrogen and oxygen atoms in total. The van der Waals surface area contributed by atoms with Gasteiger partial charge in [0.1, 0.15) is 35.2 Å². The predicted octanol–water partition coefficient (Wildman–Crippen LogP) is 5.40. The number of ketones is 2. The van der Waals surface area contributed by atoms with Crippen LogP contribution in [0, 0.1) is 24.8 Å². The van der Waals surface area contributed by atoms with Gasteiger partial charge in [0.15, 0.2) is 24.0 Å². The van der Waals surface area contributed by atoms with E-state index in [1.165, 1.54) is 44.2 Å². The van der Waals surface area contributed by atoms with Crippen LogP contribution in [0.25, 0.3) is 31.5 Å². The number of carbonyl (C=O) groups is 2. The van der Waals surface area contributed by atoms with Crippen LogP contribution in [0.15, 0.2) is 85.7 Å². The average molecular weight is 952 g/mol. The van der Waals surface area contributed by atoms with Crippen molar-refractivity contribution in [3.8, 4) is 0 Å². The second-order valence-electron chi connectivity index (χ2n) is 13.2. The normalized spacial score (nSPS) is 12.8. The average Bonchev–Trinajstić information content (AvgIpc) is 3.80. The molecule has 6 rings (SSSR count). The number of benzene rings is 2. The SMILES string of the molecule is C.C.Fc1ccc2[nH]ccc2c1.[C-]#[N+]c1ncc(CC(=O)[C@@](C)(O)CBr)c[n+]1C(F)(F)F.[C-]#[N+]c1ncc(CC(=O)[C@@](C)(O)Cn2ccc3cc(F)ccc32)c[n+]1C(F)(F)F.[H-].[Na+]. The molecule has 0 radical (unpaired) electrons. The molecule has 0 amide bonds. The third-order valence-electron chi connectivity index (χ3n) is 8.38. The van der Waals surface area contributed by atoms with E-state index in [0.29, 0.717) is 23.3 Å². The number of aromatic amines is 1. The number of nitrogens with one attached hydrogen (secondary N) is 1. The summed E-state index contributed by atoms with van der Waals surface area (Å²) in [6.45, 7) is 15.7. The summed E-state index contributed by atoms with van der Waals surface area (Å²) in [5.41, 5.74) is -2.15. The van der Waals surface area contributed by atoms with Crippen LogP contribution in [0.5, 0.6) is 0 Å². The predicted molar refractivity (Wildman–Crippen MR) is 211 cm³/mol. The fourth-order valence-corrected chi connectivity index (χ4v) is 5.53. The van der Waals surface area contributed by atoms with Crippen molar-refractivity contribution in [3.63, 3.8) is 0 Å². The molecule has 22 heteroatoms. The van der Waals surface area contributed by atoms with Crippen molar-refractivity contribution in [1.82, 2.24) is 19.5 Å². The standard InChI is InChI=1S/C19H15F4N4O2.C11H10BrF3N3O2.C8H6FN.2CH4.Na.H/c1-18(29,11-26-6-5-13-8-14(20)3-4-15(13)26)16(28)7-12-9-25-17(24-2)27(10-12)19(21,22)23;1-10(20,6-12)8(19)3-7-4-17-9(16-2)18(5-7)11(13,14)15;9-7-1-2-8-6(5-7)3-4-10-8;;;;/h3-6,8-10,29H,7,11H2,1H3;4-5,20H,3,6H2,1H3;1-5,10H;2*1H4;;/q2*+1;;;;+1;-1/t18-;10-;;;;;/m00...../s1. The Morgan fingerprint density at radius 2 is 1.26 bits per heavy atom. The summed E-state index contributed by atoms with van der Waals surface area (Å²) < 4.78 is 104. The van der Waals surface area contributed by atoms with Gasteiger partial charge in [-0.1, -0.05) is 30.8 Å². The van der Waals surface area contributed by atoms with E-state index in [9.17, 15) is 54.9 Å². The van der Waals surface area contributed by atoms with E-state index in [0.717, 1.165) is 23.3 Å². The van der Waals surface area contributed by atoms with Crippen LogP contribution in [0.1, 0.15) is 41.3 Å². The number of aliphatic hydroxyl groups is 2. The Kier molecular flexibility index (Phi) is 19.7. The van der Waals surface area contributed by atoms with Crippen LogP contribution in [0.2, 0.25) is 0 Å². The minimum Gasteiger partial charge on any atom is -1.00 e. The van der Waals surface area contributed by atoms with E-state index in [-0.39, 0.29) is 83.8 Å². The minimum atomic E-state index is -4.87. The molecule has 0 saturated carbocycles. The van der Waals surface area contributed by atoms with Crippen molar-refractivity contribution in [2.75, 3.05) is 5.33 Å². The van der Waals surface area contributed by atoms with E-state index in [1.807, 2.05) is 6.07 Å². The Morgan fingerprint density at radius 1 is 0.790 bits per heavy atom. The first-order valence-corrected chi connectivity index (χ1v) is 17.9. The summed E-state index contributed by atoms with van der Waals surface area (Å²) in [6.07, 6.45) is -3.97. The molecule has 6 aromatic rings. The van der Waals surface area contributed by atoms with Crippen molar-refractivity contribution in [1.29, 1.82) is 0 Å². The molecular formula is C40H40BrF8N8NaO4+2. The van der Waals surface area contributed by atoms with Crippen LogP contribution < -0.4 is 38.7 Å². The van der Waals surface area contributed by atoms with Gasteiger partial charge in [-0.15, -0.1) is 35.5 Å². The molecule has 0 aliphatic carbocycles. The molecular weight excluding hydrogens is 911 g/mol. The molecule has 2 atom stereocenters. The quantitative estimate of drug-likeness (QED) is 0.0584. The summed E-state index contributed by atoms with van der Waals surface area (Å²) in [4.78, 5) is 39.4. The zero-order chi connectivity index (χ0) is 43.9. The van der Waals surface area contributed by atoms with Crippen molar-refractivity contribution < 1.29 is 95.0 Å². The van der Waals surface area contributed by atoms with Crippen molar-refractivity contribution in [3.05, 3.63) is 131 Å². The number of Topliss-reactive ketones (excluding diaryl/α,β-unsaturated/α-hetero) is 2. The van der Waals surface area contributed by atoms with E-state index in [2.05, 4.69) is 40.6 Å². The molecule has 4 aromatic heterocycles. The molecule has 0 aliphatic rings. The molecule has 0 aliphatic heterocycles. The number of aromatic nitrogens is 6. The molecule has 0 saturated heterocycles. The third kappa shape index (κ3) is 14.2. The van der Waals surface area contributed by atoms with Crippen molar-refractivity contribution in [2.45, 2.75) is 71.9 Å². The first-order chi connectivity index (χ1) is 27.5. The van der Waals surface area contributed by atoms with Gasteiger partial charge in [0.05, 0.1) is 17.7 Å². The Labute approximate surface area is 382 Å². The molecule has 0 fully saturated rings. The second kappa shape index (κ2) is 22.3. The Balaban J connectivity index is 0.000000982. The largest absolute Gasteiger partial charge is 1.00 e. The number of fused-ring (bicyclic) bond motifs is 2. The third-order valence-corrected chi connectivity index (χ3v) is 9.47. The van der Waals surface area contributed by atoms with E-state index >= 15 is 0 Å². The molecule has 0 unspecified atom stereocenters. The number of halogens is 9. The molecule has 4 heterocycles. The van der Waals surface area contributed by atoms with Gasteiger partial charge in [-0.2, -0.15) is 0 Å². The van der Waals surface area contributed by atoms with Crippen LogP contribution in [-0.4, -0.2) is 57.8 Å². The molecule has 326 valence electrons. The van der Waals surface area contributed by atoms with Crippen LogP contribution in [0.3, 0.4) is 0 Å². The van der Waals surface area contributed by atoms with Crippen molar-refractivity contribution >= 4 is 61.2 Å². The topological polar surface area (TPSA) is 138 Å². The molecule has 3 N–H and O–H groups in total. The summed E-state index contributed by atoms with van der Waals surface area (Å²) >= 11 is 2.94. The van der Waals surface area contributed by atoms with E-state index < -0.39 is 65.9 Å². The summed E-state index contributed by atoms with van der Waals surface area (Å²) in [5, 5.41) is 21.8.